The van der Waals surface area contributed by atoms with Crippen LogP contribution in [0.3, 0.4) is 0 Å². The molecule has 1 rings (SSSR count). The summed E-state index contributed by atoms with van der Waals surface area (Å²) >= 11 is 3.18. The van der Waals surface area contributed by atoms with E-state index in [0.29, 0.717) is 5.33 Å². The van der Waals surface area contributed by atoms with Crippen molar-refractivity contribution in [2.75, 3.05) is 0 Å². The molecule has 0 aliphatic heterocycles. The van der Waals surface area contributed by atoms with Crippen molar-refractivity contribution in [1.29, 1.82) is 0 Å². The molecule has 0 spiro atoms. The van der Waals surface area contributed by atoms with Gasteiger partial charge in [-0.1, -0.05) is 15.9 Å². The molecule has 0 saturated carbocycles. The van der Waals surface area contributed by atoms with Crippen LogP contribution < -0.4 is 0 Å². The van der Waals surface area contributed by atoms with E-state index in [9.17, 15) is 0 Å². The molecule has 1 aromatic heterocycles. The van der Waals surface area contributed by atoms with Crippen LogP contribution in [0.5, 0.6) is 0 Å². The first-order valence-corrected chi connectivity index (χ1v) is 3.00. The number of aromatic nitrogens is 1. The summed E-state index contributed by atoms with van der Waals surface area (Å²) < 4.78 is 4.82. The highest BCUT2D eigenvalue weighted by Crippen LogP contribution is 1.98. The molecule has 0 atom stereocenters. The number of rotatable bonds is 1. The van der Waals surface area contributed by atoms with Gasteiger partial charge in [-0.15, -0.1) is 17.0 Å². The molecular formula is C4H5Br2NO. The van der Waals surface area contributed by atoms with Crippen LogP contribution in [0, 0.1) is 0 Å². The zero-order chi connectivity index (χ0) is 5.11. The zero-order valence-corrected chi connectivity index (χ0v) is 7.30. The van der Waals surface area contributed by atoms with Crippen molar-refractivity contribution in [2.45, 2.75) is 5.33 Å². The van der Waals surface area contributed by atoms with Crippen molar-refractivity contribution in [1.82, 2.24) is 4.98 Å². The van der Waals surface area contributed by atoms with Crippen LogP contribution >= 0.6 is 32.9 Å². The largest absolute Gasteiger partial charge is 0.448 e. The molecule has 46 valence electrons. The highest BCUT2D eigenvalue weighted by Gasteiger charge is 1.87. The van der Waals surface area contributed by atoms with E-state index in [1.807, 2.05) is 0 Å². The second-order valence-electron chi connectivity index (χ2n) is 1.06. The quantitative estimate of drug-likeness (QED) is 0.706. The van der Waals surface area contributed by atoms with E-state index < -0.39 is 0 Å². The zero-order valence-electron chi connectivity index (χ0n) is 4.00. The van der Waals surface area contributed by atoms with Crippen molar-refractivity contribution in [2.24, 2.45) is 0 Å². The lowest BCUT2D eigenvalue weighted by Gasteiger charge is -1.76. The van der Waals surface area contributed by atoms with E-state index in [1.165, 1.54) is 0 Å². The van der Waals surface area contributed by atoms with Gasteiger partial charge in [0.15, 0.2) is 0 Å². The van der Waals surface area contributed by atoms with Gasteiger partial charge in [-0.05, 0) is 0 Å². The average molecular weight is 243 g/mol. The van der Waals surface area contributed by atoms with E-state index in [4.69, 9.17) is 4.42 Å². The van der Waals surface area contributed by atoms with Gasteiger partial charge in [-0.25, -0.2) is 4.98 Å². The molecule has 0 amide bonds. The van der Waals surface area contributed by atoms with Crippen LogP contribution in [0.15, 0.2) is 16.9 Å². The Kier molecular flexibility index (Phi) is 4.18. The standard InChI is InChI=1S/C4H4BrNO.BrH/c5-3-4-6-1-2-7-4;/h1-2H,3H2;1H. The predicted molar refractivity (Wildman–Crippen MR) is 39.5 cm³/mol. The van der Waals surface area contributed by atoms with Crippen LogP contribution in [0.25, 0.3) is 0 Å². The fourth-order valence-electron chi connectivity index (χ4n) is 0.319. The molecule has 0 aliphatic carbocycles. The molecule has 0 unspecified atom stereocenters. The maximum atomic E-state index is 4.82. The van der Waals surface area contributed by atoms with Gasteiger partial charge in [0.1, 0.15) is 6.26 Å². The highest BCUT2D eigenvalue weighted by molar-refractivity contribution is 9.08. The molecule has 0 radical (unpaired) electrons. The van der Waals surface area contributed by atoms with Gasteiger partial charge in [0.2, 0.25) is 5.89 Å². The predicted octanol–water partition coefficient (Wildman–Crippen LogP) is 2.15. The summed E-state index contributed by atoms with van der Waals surface area (Å²) in [5.74, 6) is 0.722. The fraction of sp³-hybridized carbons (Fsp3) is 0.250. The molecule has 2 nitrogen and oxygen atoms in total. The molecule has 0 aromatic carbocycles. The molecular weight excluding hydrogens is 238 g/mol. The van der Waals surface area contributed by atoms with E-state index in [2.05, 4.69) is 20.9 Å². The molecule has 4 heteroatoms. The minimum absolute atomic E-state index is 0. The van der Waals surface area contributed by atoms with Crippen molar-refractivity contribution in [3.63, 3.8) is 0 Å². The Hall–Kier alpha value is 0.170. The van der Waals surface area contributed by atoms with Crippen molar-refractivity contribution in [3.8, 4) is 0 Å². The van der Waals surface area contributed by atoms with E-state index in [1.54, 1.807) is 12.5 Å². The smallest absolute Gasteiger partial charge is 0.204 e. The molecule has 1 heterocycles. The van der Waals surface area contributed by atoms with Gasteiger partial charge in [0.25, 0.3) is 0 Å². The molecule has 8 heavy (non-hydrogen) atoms. The number of oxazole rings is 1. The second kappa shape index (κ2) is 4.09. The first-order chi connectivity index (χ1) is 3.43. The summed E-state index contributed by atoms with van der Waals surface area (Å²) in [6.07, 6.45) is 3.17. The van der Waals surface area contributed by atoms with Crippen molar-refractivity contribution < 1.29 is 4.42 Å². The molecule has 0 aliphatic rings. The first-order valence-electron chi connectivity index (χ1n) is 1.88. The third kappa shape index (κ3) is 1.96. The Labute approximate surface area is 66.2 Å². The lowest BCUT2D eigenvalue weighted by molar-refractivity contribution is 0.518. The topological polar surface area (TPSA) is 26.0 Å². The third-order valence-electron chi connectivity index (χ3n) is 0.598. The average Bonchev–Trinajstić information content (AvgIpc) is 2.14. The van der Waals surface area contributed by atoms with Crippen molar-refractivity contribution >= 4 is 32.9 Å². The van der Waals surface area contributed by atoms with E-state index in [0.717, 1.165) is 5.89 Å². The molecule has 0 fully saturated rings. The second-order valence-corrected chi connectivity index (χ2v) is 1.62. The third-order valence-corrected chi connectivity index (χ3v) is 1.08. The Balaban J connectivity index is 0.000000490. The number of nitrogens with zero attached hydrogens (tertiary/aromatic N) is 1. The van der Waals surface area contributed by atoms with Crippen LogP contribution in [0.1, 0.15) is 5.89 Å². The molecule has 0 bridgehead atoms. The highest BCUT2D eigenvalue weighted by atomic mass is 79.9. The summed E-state index contributed by atoms with van der Waals surface area (Å²) in [6, 6.07) is 0. The Morgan fingerprint density at radius 2 is 2.50 bits per heavy atom. The van der Waals surface area contributed by atoms with Crippen LogP contribution in [-0.4, -0.2) is 4.98 Å². The van der Waals surface area contributed by atoms with Crippen LogP contribution in [0.2, 0.25) is 0 Å². The summed E-state index contributed by atoms with van der Waals surface area (Å²) in [5.41, 5.74) is 0. The number of halogens is 2. The van der Waals surface area contributed by atoms with Gasteiger partial charge in [-0.2, -0.15) is 0 Å². The lowest BCUT2D eigenvalue weighted by Crippen LogP contribution is -1.69. The van der Waals surface area contributed by atoms with Crippen LogP contribution in [0.4, 0.5) is 0 Å². The van der Waals surface area contributed by atoms with E-state index in [-0.39, 0.29) is 17.0 Å². The normalized spacial score (nSPS) is 8.12. The number of hydrogen-bond acceptors (Lipinski definition) is 2. The maximum Gasteiger partial charge on any atom is 0.204 e. The maximum absolute atomic E-state index is 4.82. The lowest BCUT2D eigenvalue weighted by atomic mass is 10.8. The summed E-state index contributed by atoms with van der Waals surface area (Å²) in [4.78, 5) is 3.82. The van der Waals surface area contributed by atoms with E-state index >= 15 is 0 Å². The molecule has 1 aromatic rings. The molecule has 0 N–H and O–H groups in total. The Morgan fingerprint density at radius 3 is 2.75 bits per heavy atom. The monoisotopic (exact) mass is 241 g/mol. The fourth-order valence-corrected chi connectivity index (χ4v) is 0.596. The summed E-state index contributed by atoms with van der Waals surface area (Å²) in [7, 11) is 0. The SMILES string of the molecule is Br.BrCc1ncco1. The minimum Gasteiger partial charge on any atom is -0.448 e. The van der Waals surface area contributed by atoms with Crippen LogP contribution in [-0.2, 0) is 5.33 Å². The van der Waals surface area contributed by atoms with Gasteiger partial charge in [0.05, 0.1) is 11.5 Å². The van der Waals surface area contributed by atoms with Gasteiger partial charge in [-0.3, -0.25) is 0 Å². The van der Waals surface area contributed by atoms with Crippen molar-refractivity contribution in [3.05, 3.63) is 18.4 Å². The summed E-state index contributed by atoms with van der Waals surface area (Å²) in [5, 5.41) is 0.694. The molecule has 0 saturated heterocycles. The van der Waals surface area contributed by atoms with Gasteiger partial charge < -0.3 is 4.42 Å². The first kappa shape index (κ1) is 8.17. The number of alkyl halides is 1. The summed E-state index contributed by atoms with van der Waals surface area (Å²) in [6.45, 7) is 0. The Bertz CT molecular complexity index is 129. The van der Waals surface area contributed by atoms with Gasteiger partial charge >= 0.3 is 0 Å². The Morgan fingerprint density at radius 1 is 1.75 bits per heavy atom. The minimum atomic E-state index is 0. The van der Waals surface area contributed by atoms with Gasteiger partial charge in [0, 0.05) is 0 Å². The number of hydrogen-bond donors (Lipinski definition) is 0.